The predicted octanol–water partition coefficient (Wildman–Crippen LogP) is 6.60. The second kappa shape index (κ2) is 10.3. The van der Waals surface area contributed by atoms with Gasteiger partial charge in [-0.15, -0.1) is 0 Å². The average molecular weight is 443 g/mol. The highest BCUT2D eigenvalue weighted by Gasteiger charge is 2.34. The molecule has 2 N–H and O–H groups in total. The zero-order valence-corrected chi connectivity index (χ0v) is 19.8. The summed E-state index contributed by atoms with van der Waals surface area (Å²) < 4.78 is 5.74. The molecule has 0 aliphatic rings. The number of nitrogens with zero attached hydrogens (tertiary/aromatic N) is 1. The number of nitrogens with one attached hydrogen (secondary N) is 1. The molecule has 0 fully saturated rings. The standard InChI is InChI=1S/C29H34N2O2/c1-4-17-30-21(2)10-8-16-29(32,28-13-9-18-33-28)24-14-15-27-26(20-24)25(19-22(3)31-27)23-11-6-5-7-12-23/h5-7,9,11-15,18-21,30,32H,4,8,10,16-17H2,1-3H3/t21-,29?/m1/s1. The first kappa shape index (κ1) is 23.2. The van der Waals surface area contributed by atoms with E-state index in [0.717, 1.165) is 59.1 Å². The largest absolute Gasteiger partial charge is 0.466 e. The van der Waals surface area contributed by atoms with Crippen LogP contribution in [0, 0.1) is 6.92 Å². The second-order valence-electron chi connectivity index (χ2n) is 8.99. The van der Waals surface area contributed by atoms with Gasteiger partial charge in [-0.1, -0.05) is 43.3 Å². The average Bonchev–Trinajstić information content (AvgIpc) is 3.38. The van der Waals surface area contributed by atoms with E-state index in [1.165, 1.54) is 0 Å². The van der Waals surface area contributed by atoms with Gasteiger partial charge in [-0.05, 0) is 93.1 Å². The fourth-order valence-corrected chi connectivity index (χ4v) is 4.55. The van der Waals surface area contributed by atoms with Crippen LogP contribution in [0.15, 0.2) is 77.4 Å². The molecule has 1 unspecified atom stereocenters. The molecule has 0 spiro atoms. The molecule has 33 heavy (non-hydrogen) atoms. The Morgan fingerprint density at radius 1 is 1.06 bits per heavy atom. The van der Waals surface area contributed by atoms with Gasteiger partial charge in [0.15, 0.2) is 0 Å². The molecule has 2 aromatic carbocycles. The third-order valence-electron chi connectivity index (χ3n) is 6.35. The zero-order valence-electron chi connectivity index (χ0n) is 19.8. The number of aliphatic hydroxyl groups is 1. The molecule has 0 amide bonds. The molecular formula is C29H34N2O2. The molecule has 2 heterocycles. The van der Waals surface area contributed by atoms with Crippen LogP contribution in [-0.4, -0.2) is 22.7 Å². The molecule has 0 bridgehead atoms. The van der Waals surface area contributed by atoms with Crippen molar-refractivity contribution < 1.29 is 9.52 Å². The normalized spacial score (nSPS) is 14.3. The fourth-order valence-electron chi connectivity index (χ4n) is 4.55. The molecule has 4 aromatic rings. The molecule has 4 rings (SSSR count). The van der Waals surface area contributed by atoms with Gasteiger partial charge < -0.3 is 14.8 Å². The van der Waals surface area contributed by atoms with Crippen molar-refractivity contribution in [2.75, 3.05) is 6.54 Å². The van der Waals surface area contributed by atoms with E-state index in [0.29, 0.717) is 18.2 Å². The maximum Gasteiger partial charge on any atom is 0.147 e. The lowest BCUT2D eigenvalue weighted by Crippen LogP contribution is -2.29. The van der Waals surface area contributed by atoms with E-state index in [4.69, 9.17) is 9.40 Å². The minimum absolute atomic E-state index is 0.416. The summed E-state index contributed by atoms with van der Waals surface area (Å²) >= 11 is 0. The lowest BCUT2D eigenvalue weighted by Gasteiger charge is -2.28. The van der Waals surface area contributed by atoms with Gasteiger partial charge in [0.05, 0.1) is 11.8 Å². The summed E-state index contributed by atoms with van der Waals surface area (Å²) in [6.45, 7) is 7.42. The topological polar surface area (TPSA) is 58.3 Å². The van der Waals surface area contributed by atoms with E-state index >= 15 is 0 Å². The summed E-state index contributed by atoms with van der Waals surface area (Å²) in [6.07, 6.45) is 5.21. The summed E-state index contributed by atoms with van der Waals surface area (Å²) in [6, 6.07) is 22.7. The van der Waals surface area contributed by atoms with E-state index < -0.39 is 5.60 Å². The molecular weight excluding hydrogens is 408 g/mol. The van der Waals surface area contributed by atoms with Crippen LogP contribution in [0.25, 0.3) is 22.0 Å². The Kier molecular flexibility index (Phi) is 7.26. The van der Waals surface area contributed by atoms with Gasteiger partial charge in [-0.25, -0.2) is 0 Å². The first-order valence-corrected chi connectivity index (χ1v) is 12.0. The van der Waals surface area contributed by atoms with Crippen LogP contribution >= 0.6 is 0 Å². The Balaban J connectivity index is 1.72. The van der Waals surface area contributed by atoms with Crippen LogP contribution in [0.2, 0.25) is 0 Å². The Morgan fingerprint density at radius 3 is 2.61 bits per heavy atom. The number of pyridine rings is 1. The summed E-state index contributed by atoms with van der Waals surface area (Å²) in [7, 11) is 0. The van der Waals surface area contributed by atoms with Crippen molar-refractivity contribution in [2.45, 2.75) is 58.1 Å². The number of aromatic nitrogens is 1. The molecule has 0 radical (unpaired) electrons. The lowest BCUT2D eigenvalue weighted by molar-refractivity contribution is 0.0446. The van der Waals surface area contributed by atoms with E-state index in [-0.39, 0.29) is 0 Å². The molecule has 0 saturated heterocycles. The third kappa shape index (κ3) is 5.18. The molecule has 0 aliphatic heterocycles. The van der Waals surface area contributed by atoms with Gasteiger partial charge >= 0.3 is 0 Å². The maximum absolute atomic E-state index is 12.0. The minimum Gasteiger partial charge on any atom is -0.466 e. The van der Waals surface area contributed by atoms with Crippen molar-refractivity contribution in [1.82, 2.24) is 10.3 Å². The molecule has 2 atom stereocenters. The predicted molar refractivity (Wildman–Crippen MR) is 135 cm³/mol. The number of rotatable bonds is 10. The van der Waals surface area contributed by atoms with Gasteiger partial charge in [-0.3, -0.25) is 4.98 Å². The highest BCUT2D eigenvalue weighted by atomic mass is 16.4. The van der Waals surface area contributed by atoms with Crippen molar-refractivity contribution in [3.05, 3.63) is 90.0 Å². The van der Waals surface area contributed by atoms with Crippen molar-refractivity contribution in [1.29, 1.82) is 0 Å². The first-order chi connectivity index (χ1) is 16.0. The second-order valence-corrected chi connectivity index (χ2v) is 8.99. The Labute approximate surface area is 196 Å². The van der Waals surface area contributed by atoms with Crippen molar-refractivity contribution >= 4 is 10.9 Å². The van der Waals surface area contributed by atoms with Crippen LogP contribution < -0.4 is 5.32 Å². The van der Waals surface area contributed by atoms with Crippen LogP contribution in [0.3, 0.4) is 0 Å². The van der Waals surface area contributed by atoms with E-state index in [2.05, 4.69) is 43.4 Å². The first-order valence-electron chi connectivity index (χ1n) is 12.0. The van der Waals surface area contributed by atoms with E-state index in [9.17, 15) is 5.11 Å². The van der Waals surface area contributed by atoms with Gasteiger partial charge in [0.25, 0.3) is 0 Å². The van der Waals surface area contributed by atoms with Crippen LogP contribution in [0.4, 0.5) is 0 Å². The van der Waals surface area contributed by atoms with Crippen molar-refractivity contribution in [3.63, 3.8) is 0 Å². The van der Waals surface area contributed by atoms with Crippen molar-refractivity contribution in [3.8, 4) is 11.1 Å². The molecule has 4 heteroatoms. The number of benzene rings is 2. The molecule has 2 aromatic heterocycles. The number of aryl methyl sites for hydroxylation is 1. The molecule has 0 saturated carbocycles. The maximum atomic E-state index is 12.0. The van der Waals surface area contributed by atoms with Crippen LogP contribution in [0.5, 0.6) is 0 Å². The third-order valence-corrected chi connectivity index (χ3v) is 6.35. The highest BCUT2D eigenvalue weighted by molar-refractivity contribution is 5.95. The van der Waals surface area contributed by atoms with Gasteiger partial charge in [0.2, 0.25) is 0 Å². The van der Waals surface area contributed by atoms with Gasteiger partial charge in [0, 0.05) is 17.1 Å². The molecule has 0 aliphatic carbocycles. The molecule has 4 nitrogen and oxygen atoms in total. The number of hydrogen-bond acceptors (Lipinski definition) is 4. The van der Waals surface area contributed by atoms with Crippen LogP contribution in [-0.2, 0) is 5.60 Å². The van der Waals surface area contributed by atoms with Crippen LogP contribution in [0.1, 0.15) is 56.5 Å². The van der Waals surface area contributed by atoms with E-state index in [1.807, 2.05) is 49.4 Å². The highest BCUT2D eigenvalue weighted by Crippen LogP contribution is 2.38. The van der Waals surface area contributed by atoms with E-state index in [1.54, 1.807) is 6.26 Å². The Bertz CT molecular complexity index is 1170. The zero-order chi connectivity index (χ0) is 23.3. The smallest absolute Gasteiger partial charge is 0.147 e. The van der Waals surface area contributed by atoms with Gasteiger partial charge in [-0.2, -0.15) is 0 Å². The summed E-state index contributed by atoms with van der Waals surface area (Å²) in [5.74, 6) is 0.581. The quantitative estimate of drug-likeness (QED) is 0.291. The van der Waals surface area contributed by atoms with Gasteiger partial charge in [0.1, 0.15) is 11.4 Å². The monoisotopic (exact) mass is 442 g/mol. The Morgan fingerprint density at radius 2 is 1.88 bits per heavy atom. The minimum atomic E-state index is -1.19. The Hall–Kier alpha value is -2.95. The summed E-state index contributed by atoms with van der Waals surface area (Å²) in [5.41, 5.74) is 3.81. The number of furan rings is 1. The number of fused-ring (bicyclic) bond motifs is 1. The SMILES string of the molecule is CCCN[C@H](C)CCCC(O)(c1ccc2nc(C)cc(-c3ccccc3)c2c1)c1ccco1. The van der Waals surface area contributed by atoms with Crippen molar-refractivity contribution in [2.24, 2.45) is 0 Å². The number of hydrogen-bond donors (Lipinski definition) is 2. The summed E-state index contributed by atoms with van der Waals surface area (Å²) in [5, 5.41) is 16.5. The lowest BCUT2D eigenvalue weighted by atomic mass is 9.84. The fraction of sp³-hybridized carbons (Fsp3) is 0.345. The molecule has 172 valence electrons. The summed E-state index contributed by atoms with van der Waals surface area (Å²) in [4.78, 5) is 4.75.